The van der Waals surface area contributed by atoms with E-state index in [9.17, 15) is 9.50 Å². The number of halogens is 1. The maximum atomic E-state index is 14.0. The number of aryl methyl sites for hydroxylation is 1. The topological polar surface area (TPSA) is 20.2 Å². The van der Waals surface area contributed by atoms with E-state index < -0.39 is 6.10 Å². The quantitative estimate of drug-likeness (QED) is 0.610. The Morgan fingerprint density at radius 2 is 2.25 bits per heavy atom. The molecule has 0 aliphatic heterocycles. The van der Waals surface area contributed by atoms with E-state index >= 15 is 0 Å². The third kappa shape index (κ3) is 2.32. The smallest absolute Gasteiger partial charge is 0.130 e. The van der Waals surface area contributed by atoms with Gasteiger partial charge in [-0.15, -0.1) is 13.0 Å². The van der Waals surface area contributed by atoms with E-state index in [1.807, 2.05) is 6.92 Å². The third-order valence-electron chi connectivity index (χ3n) is 2.71. The highest BCUT2D eigenvalue weighted by Gasteiger charge is 2.14. The molecule has 2 heteroatoms. The number of aliphatic hydroxyl groups excluding tert-OH is 1. The Labute approximate surface area is 95.6 Å². The zero-order chi connectivity index (χ0) is 12.3. The van der Waals surface area contributed by atoms with Gasteiger partial charge in [0.1, 0.15) is 5.82 Å². The van der Waals surface area contributed by atoms with Gasteiger partial charge in [-0.2, -0.15) is 0 Å². The van der Waals surface area contributed by atoms with Crippen LogP contribution in [0.1, 0.15) is 22.3 Å². The van der Waals surface area contributed by atoms with Crippen molar-refractivity contribution in [3.63, 3.8) is 0 Å². The highest BCUT2D eigenvalue weighted by molar-refractivity contribution is 5.47. The first kappa shape index (κ1) is 12.5. The molecule has 0 aliphatic carbocycles. The van der Waals surface area contributed by atoms with Crippen molar-refractivity contribution >= 4 is 0 Å². The van der Waals surface area contributed by atoms with Crippen molar-refractivity contribution in [2.24, 2.45) is 0 Å². The molecule has 16 heavy (non-hydrogen) atoms. The second kappa shape index (κ2) is 4.96. The summed E-state index contributed by atoms with van der Waals surface area (Å²) in [6.45, 7) is 6.97. The van der Waals surface area contributed by atoms with Gasteiger partial charge in [-0.05, 0) is 31.0 Å². The Hall–Kier alpha value is -1.59. The number of hydrogen-bond donors (Lipinski definition) is 1. The number of benzene rings is 1. The van der Waals surface area contributed by atoms with E-state index in [0.29, 0.717) is 16.7 Å². The monoisotopic (exact) mass is 218 g/mol. The summed E-state index contributed by atoms with van der Waals surface area (Å²) < 4.78 is 14.0. The Morgan fingerprint density at radius 1 is 1.62 bits per heavy atom. The van der Waals surface area contributed by atoms with E-state index in [0.717, 1.165) is 5.56 Å². The minimum atomic E-state index is -0.774. The van der Waals surface area contributed by atoms with Gasteiger partial charge < -0.3 is 5.11 Å². The van der Waals surface area contributed by atoms with Gasteiger partial charge in [0.15, 0.2) is 0 Å². The molecule has 0 spiro atoms. The van der Waals surface area contributed by atoms with Crippen molar-refractivity contribution in [2.75, 3.05) is 0 Å². The Kier molecular flexibility index (Phi) is 3.87. The van der Waals surface area contributed by atoms with Gasteiger partial charge in [0.25, 0.3) is 0 Å². The third-order valence-corrected chi connectivity index (χ3v) is 2.71. The maximum absolute atomic E-state index is 14.0. The normalized spacial score (nSPS) is 11.9. The number of rotatable bonds is 3. The summed E-state index contributed by atoms with van der Waals surface area (Å²) in [5, 5.41) is 9.46. The van der Waals surface area contributed by atoms with Crippen molar-refractivity contribution in [3.05, 3.63) is 46.8 Å². The molecule has 1 rings (SSSR count). The fraction of sp³-hybridized carbons (Fsp3) is 0.286. The molecule has 84 valence electrons. The Morgan fingerprint density at radius 3 is 2.75 bits per heavy atom. The molecule has 0 saturated carbocycles. The summed E-state index contributed by atoms with van der Waals surface area (Å²) in [4.78, 5) is 0. The highest BCUT2D eigenvalue weighted by atomic mass is 19.1. The van der Waals surface area contributed by atoms with Crippen molar-refractivity contribution < 1.29 is 9.50 Å². The van der Waals surface area contributed by atoms with Crippen LogP contribution in [0, 0.1) is 32.0 Å². The molecule has 0 bridgehead atoms. The zero-order valence-electron chi connectivity index (χ0n) is 9.55. The van der Waals surface area contributed by atoms with E-state index in [-0.39, 0.29) is 12.2 Å². The lowest BCUT2D eigenvalue weighted by Gasteiger charge is -2.13. The molecule has 1 N–H and O–H groups in total. The highest BCUT2D eigenvalue weighted by Crippen LogP contribution is 2.22. The lowest BCUT2D eigenvalue weighted by atomic mass is 9.95. The fourth-order valence-electron chi connectivity index (χ4n) is 1.55. The molecular weight excluding hydrogens is 203 g/mol. The van der Waals surface area contributed by atoms with Crippen molar-refractivity contribution in [1.29, 1.82) is 0 Å². The second-order valence-corrected chi connectivity index (χ2v) is 3.81. The van der Waals surface area contributed by atoms with Crippen molar-refractivity contribution in [3.8, 4) is 12.3 Å². The van der Waals surface area contributed by atoms with Crippen molar-refractivity contribution in [1.82, 2.24) is 0 Å². The van der Waals surface area contributed by atoms with E-state index in [2.05, 4.69) is 12.5 Å². The van der Waals surface area contributed by atoms with Gasteiger partial charge in [0.2, 0.25) is 0 Å². The van der Waals surface area contributed by atoms with Crippen LogP contribution in [0.3, 0.4) is 0 Å². The standard InChI is InChI=1S/C14H15FO/c1-5-11-7-9(3)10(4)14(15)13(11)8-12(16)6-2/h1,6-7,12,16H,2,8H2,3-4H3. The molecule has 0 radical (unpaired) electrons. The van der Waals surface area contributed by atoms with Crippen LogP contribution in [-0.4, -0.2) is 11.2 Å². The molecule has 1 nitrogen and oxygen atoms in total. The lowest BCUT2D eigenvalue weighted by Crippen LogP contribution is -2.11. The average Bonchev–Trinajstić information content (AvgIpc) is 2.29. The first-order valence-electron chi connectivity index (χ1n) is 5.07. The predicted molar refractivity (Wildman–Crippen MR) is 63.7 cm³/mol. The van der Waals surface area contributed by atoms with Crippen LogP contribution in [0.15, 0.2) is 18.7 Å². The predicted octanol–water partition coefficient (Wildman–Crippen LogP) is 2.51. The Bertz CT molecular complexity index is 455. The maximum Gasteiger partial charge on any atom is 0.130 e. The molecule has 0 heterocycles. The zero-order valence-corrected chi connectivity index (χ0v) is 9.55. The van der Waals surface area contributed by atoms with Crippen LogP contribution >= 0.6 is 0 Å². The molecule has 0 saturated heterocycles. The van der Waals surface area contributed by atoms with Crippen LogP contribution in [0.4, 0.5) is 4.39 Å². The molecule has 1 atom stereocenters. The van der Waals surface area contributed by atoms with Gasteiger partial charge in [-0.25, -0.2) is 4.39 Å². The summed E-state index contributed by atoms with van der Waals surface area (Å²) in [5.74, 6) is 2.12. The molecule has 0 amide bonds. The first-order chi connectivity index (χ1) is 7.51. The van der Waals surface area contributed by atoms with Crippen LogP contribution in [0.5, 0.6) is 0 Å². The number of hydrogen-bond acceptors (Lipinski definition) is 1. The fourth-order valence-corrected chi connectivity index (χ4v) is 1.55. The molecule has 0 aromatic heterocycles. The second-order valence-electron chi connectivity index (χ2n) is 3.81. The molecule has 0 fully saturated rings. The van der Waals surface area contributed by atoms with Crippen LogP contribution in [0.2, 0.25) is 0 Å². The van der Waals surface area contributed by atoms with Crippen molar-refractivity contribution in [2.45, 2.75) is 26.4 Å². The van der Waals surface area contributed by atoms with Gasteiger partial charge >= 0.3 is 0 Å². The number of terminal acetylenes is 1. The summed E-state index contributed by atoms with van der Waals surface area (Å²) in [5.41, 5.74) is 2.28. The van der Waals surface area contributed by atoms with E-state index in [4.69, 9.17) is 6.42 Å². The molecule has 1 unspecified atom stereocenters. The SMILES string of the molecule is C#Cc1cc(C)c(C)c(F)c1CC(O)C=C. The van der Waals surface area contributed by atoms with E-state index in [1.165, 1.54) is 6.08 Å². The summed E-state index contributed by atoms with van der Waals surface area (Å²) in [6.07, 6.45) is 6.09. The van der Waals surface area contributed by atoms with Crippen LogP contribution in [0.25, 0.3) is 0 Å². The molecule has 1 aromatic rings. The first-order valence-corrected chi connectivity index (χ1v) is 5.07. The van der Waals surface area contributed by atoms with Gasteiger partial charge in [-0.3, -0.25) is 0 Å². The molecule has 1 aromatic carbocycles. The summed E-state index contributed by atoms with van der Waals surface area (Å²) in [7, 11) is 0. The van der Waals surface area contributed by atoms with Crippen LogP contribution in [-0.2, 0) is 6.42 Å². The lowest BCUT2D eigenvalue weighted by molar-refractivity contribution is 0.222. The largest absolute Gasteiger partial charge is 0.389 e. The van der Waals surface area contributed by atoms with Crippen LogP contribution < -0.4 is 0 Å². The minimum absolute atomic E-state index is 0.163. The van der Waals surface area contributed by atoms with E-state index in [1.54, 1.807) is 13.0 Å². The number of aliphatic hydroxyl groups is 1. The van der Waals surface area contributed by atoms with Gasteiger partial charge in [0.05, 0.1) is 6.10 Å². The Balaban J connectivity index is 3.31. The summed E-state index contributed by atoms with van der Waals surface area (Å²) >= 11 is 0. The molecule has 0 aliphatic rings. The van der Waals surface area contributed by atoms with Gasteiger partial charge in [0, 0.05) is 17.5 Å². The minimum Gasteiger partial charge on any atom is -0.389 e. The molecular formula is C14H15FO. The van der Waals surface area contributed by atoms with Gasteiger partial charge in [-0.1, -0.05) is 12.0 Å². The summed E-state index contributed by atoms with van der Waals surface area (Å²) in [6, 6.07) is 1.77. The average molecular weight is 218 g/mol.